The van der Waals surface area contributed by atoms with E-state index in [1.807, 2.05) is 0 Å². The number of aliphatic hydroxyl groups is 3. The number of nitrogens with zero attached hydrogens (tertiary/aromatic N) is 1. The lowest BCUT2D eigenvalue weighted by atomic mass is 10.1. The number of hydrogen-bond donors (Lipinski definition) is 3. The molecular weight excluding hydrogens is 142 g/mol. The van der Waals surface area contributed by atoms with Crippen molar-refractivity contribution in [2.24, 2.45) is 0 Å². The third kappa shape index (κ3) is 1.41. The van der Waals surface area contributed by atoms with Gasteiger partial charge in [0.1, 0.15) is 0 Å². The van der Waals surface area contributed by atoms with E-state index < -0.39 is 16.4 Å². The van der Waals surface area contributed by atoms with E-state index >= 15 is 0 Å². The van der Waals surface area contributed by atoms with Gasteiger partial charge in [-0.15, -0.1) is 0 Å². The molecule has 0 rings (SSSR count). The predicted molar refractivity (Wildman–Crippen MR) is 30.5 cm³/mol. The van der Waals surface area contributed by atoms with Crippen molar-refractivity contribution in [3.8, 4) is 0 Å². The molecule has 0 heterocycles. The van der Waals surface area contributed by atoms with E-state index in [0.29, 0.717) is 0 Å². The lowest BCUT2D eigenvalue weighted by Crippen LogP contribution is -2.55. The molecule has 60 valence electrons. The fourth-order valence-electron chi connectivity index (χ4n) is 0.223. The second kappa shape index (κ2) is 2.15. The summed E-state index contributed by atoms with van der Waals surface area (Å²) in [6.07, 6.45) is 0. The van der Waals surface area contributed by atoms with Crippen LogP contribution in [0, 0.1) is 10.1 Å². The molecule has 0 aliphatic carbocycles. The summed E-state index contributed by atoms with van der Waals surface area (Å²) in [6, 6.07) is 0. The molecule has 6 nitrogen and oxygen atoms in total. The summed E-state index contributed by atoms with van der Waals surface area (Å²) in [5.41, 5.74) is -2.17. The third-order valence-corrected chi connectivity index (χ3v) is 1.08. The molecule has 0 bridgehead atoms. The molecule has 0 aliphatic heterocycles. The first-order valence-electron chi connectivity index (χ1n) is 2.51. The highest BCUT2D eigenvalue weighted by atomic mass is 16.7. The molecule has 0 atom stereocenters. The smallest absolute Gasteiger partial charge is 0.378 e. The molecule has 3 N–H and O–H groups in total. The maximum absolute atomic E-state index is 9.81. The fourth-order valence-corrected chi connectivity index (χ4v) is 0.223. The van der Waals surface area contributed by atoms with Crippen LogP contribution in [0.1, 0.15) is 13.8 Å². The SMILES string of the molecule is CC(C)(O)C(O)(O)[N+](=O)[O-]. The third-order valence-electron chi connectivity index (χ3n) is 1.08. The topological polar surface area (TPSA) is 104 Å². The van der Waals surface area contributed by atoms with Crippen molar-refractivity contribution in [3.63, 3.8) is 0 Å². The van der Waals surface area contributed by atoms with Crippen molar-refractivity contribution in [1.82, 2.24) is 0 Å². The maximum atomic E-state index is 9.81. The molecular formula is C4H9NO5. The predicted octanol–water partition coefficient (Wildman–Crippen LogP) is -1.33. The first-order valence-corrected chi connectivity index (χ1v) is 2.51. The highest BCUT2D eigenvalue weighted by Gasteiger charge is 2.53. The Bertz CT molecular complexity index is 146. The molecule has 0 amide bonds. The Morgan fingerprint density at radius 2 is 1.60 bits per heavy atom. The summed E-state index contributed by atoms with van der Waals surface area (Å²) in [5, 5.41) is 35.7. The minimum atomic E-state index is -3.28. The second-order valence-corrected chi connectivity index (χ2v) is 2.45. The van der Waals surface area contributed by atoms with Crippen LogP contribution in [0.15, 0.2) is 0 Å². The van der Waals surface area contributed by atoms with Gasteiger partial charge in [-0.2, -0.15) is 0 Å². The zero-order chi connectivity index (χ0) is 8.58. The van der Waals surface area contributed by atoms with Crippen molar-refractivity contribution in [2.45, 2.75) is 25.4 Å². The number of hydrogen-bond acceptors (Lipinski definition) is 5. The summed E-state index contributed by atoms with van der Waals surface area (Å²) in [6.45, 7) is 1.85. The number of rotatable bonds is 2. The highest BCUT2D eigenvalue weighted by molar-refractivity contribution is 4.73. The summed E-state index contributed by atoms with van der Waals surface area (Å²) in [4.78, 5) is 8.45. The van der Waals surface area contributed by atoms with Crippen LogP contribution in [0.4, 0.5) is 0 Å². The Hall–Kier alpha value is -0.720. The van der Waals surface area contributed by atoms with E-state index in [1.165, 1.54) is 0 Å². The molecule has 0 fully saturated rings. The molecule has 0 aromatic carbocycles. The second-order valence-electron chi connectivity index (χ2n) is 2.45. The van der Waals surface area contributed by atoms with Crippen LogP contribution in [0.3, 0.4) is 0 Å². The van der Waals surface area contributed by atoms with Gasteiger partial charge in [0.15, 0.2) is 5.60 Å². The molecule has 0 unspecified atom stereocenters. The van der Waals surface area contributed by atoms with Crippen molar-refractivity contribution in [3.05, 3.63) is 10.1 Å². The Morgan fingerprint density at radius 3 is 1.60 bits per heavy atom. The molecule has 0 radical (unpaired) electrons. The minimum absolute atomic E-state index is 0.926. The van der Waals surface area contributed by atoms with Gasteiger partial charge in [-0.3, -0.25) is 10.1 Å². The van der Waals surface area contributed by atoms with E-state index in [4.69, 9.17) is 15.3 Å². The zero-order valence-electron chi connectivity index (χ0n) is 5.61. The normalized spacial score (nSPS) is 13.3. The molecule has 0 saturated heterocycles. The molecule has 0 spiro atoms. The summed E-state index contributed by atoms with van der Waals surface area (Å²) in [7, 11) is 0. The van der Waals surface area contributed by atoms with Crippen LogP contribution >= 0.6 is 0 Å². The number of nitro groups is 1. The highest BCUT2D eigenvalue weighted by Crippen LogP contribution is 2.18. The average molecular weight is 151 g/mol. The largest absolute Gasteiger partial charge is 0.465 e. The van der Waals surface area contributed by atoms with Gasteiger partial charge in [0.2, 0.25) is 0 Å². The standard InChI is InChI=1S/C4H9NO5/c1-3(2,6)4(7,8)5(9)10/h6-8H,1-2H3. The van der Waals surface area contributed by atoms with Crippen LogP contribution in [0.2, 0.25) is 0 Å². The van der Waals surface area contributed by atoms with E-state index in [0.717, 1.165) is 13.8 Å². The lowest BCUT2D eigenvalue weighted by Gasteiger charge is -2.23. The van der Waals surface area contributed by atoms with Gasteiger partial charge >= 0.3 is 5.91 Å². The van der Waals surface area contributed by atoms with Crippen LogP contribution in [0.25, 0.3) is 0 Å². The molecule has 10 heavy (non-hydrogen) atoms. The Kier molecular flexibility index (Phi) is 2.00. The van der Waals surface area contributed by atoms with Crippen molar-refractivity contribution < 1.29 is 20.2 Å². The van der Waals surface area contributed by atoms with Gasteiger partial charge in [0.25, 0.3) is 0 Å². The lowest BCUT2D eigenvalue weighted by molar-refractivity contribution is -0.706. The van der Waals surface area contributed by atoms with Gasteiger partial charge < -0.3 is 15.3 Å². The van der Waals surface area contributed by atoms with Gasteiger partial charge in [-0.1, -0.05) is 0 Å². The van der Waals surface area contributed by atoms with Crippen LogP contribution in [-0.2, 0) is 0 Å². The van der Waals surface area contributed by atoms with E-state index in [2.05, 4.69) is 0 Å². The first-order chi connectivity index (χ1) is 4.19. The summed E-state index contributed by atoms with van der Waals surface area (Å²) >= 11 is 0. The first kappa shape index (κ1) is 9.28. The van der Waals surface area contributed by atoms with Crippen LogP contribution in [-0.4, -0.2) is 31.8 Å². The van der Waals surface area contributed by atoms with Gasteiger partial charge in [0.05, 0.1) is 4.92 Å². The quantitative estimate of drug-likeness (QED) is 0.258. The van der Waals surface area contributed by atoms with Crippen LogP contribution < -0.4 is 0 Å². The van der Waals surface area contributed by atoms with Crippen LogP contribution in [0.5, 0.6) is 0 Å². The van der Waals surface area contributed by atoms with E-state index in [-0.39, 0.29) is 0 Å². The summed E-state index contributed by atoms with van der Waals surface area (Å²) < 4.78 is 0. The average Bonchev–Trinajstić information content (AvgIpc) is 1.62. The molecule has 0 saturated carbocycles. The van der Waals surface area contributed by atoms with Crippen molar-refractivity contribution in [2.75, 3.05) is 0 Å². The van der Waals surface area contributed by atoms with E-state index in [1.54, 1.807) is 0 Å². The van der Waals surface area contributed by atoms with Gasteiger partial charge in [-0.05, 0) is 13.8 Å². The van der Waals surface area contributed by atoms with Gasteiger partial charge in [0, 0.05) is 0 Å². The Balaban J connectivity index is 4.57. The van der Waals surface area contributed by atoms with Gasteiger partial charge in [-0.25, -0.2) is 0 Å². The van der Waals surface area contributed by atoms with Crippen molar-refractivity contribution >= 4 is 0 Å². The zero-order valence-corrected chi connectivity index (χ0v) is 5.61. The summed E-state index contributed by atoms with van der Waals surface area (Å²) in [5.74, 6) is -3.28. The minimum Gasteiger partial charge on any atom is -0.378 e. The Labute approximate surface area is 56.9 Å². The molecule has 6 heteroatoms. The maximum Gasteiger partial charge on any atom is 0.465 e. The molecule has 0 aromatic heterocycles. The Morgan fingerprint density at radius 1 is 1.30 bits per heavy atom. The van der Waals surface area contributed by atoms with E-state index in [9.17, 15) is 10.1 Å². The molecule has 0 aliphatic rings. The fraction of sp³-hybridized carbons (Fsp3) is 1.00. The monoisotopic (exact) mass is 151 g/mol. The van der Waals surface area contributed by atoms with Crippen molar-refractivity contribution in [1.29, 1.82) is 0 Å². The molecule has 0 aromatic rings.